The molecule has 0 radical (unpaired) electrons. The van der Waals surface area contributed by atoms with Crippen LogP contribution in [-0.4, -0.2) is 25.6 Å². The van der Waals surface area contributed by atoms with Crippen molar-refractivity contribution in [1.82, 2.24) is 19.3 Å². The largest absolute Gasteiger partial charge is 2.00 e. The zero-order valence-electron chi connectivity index (χ0n) is 28.8. The van der Waals surface area contributed by atoms with Gasteiger partial charge in [0.25, 0.3) is 0 Å². The minimum atomic E-state index is 0. The molecule has 250 valence electrons. The molecule has 0 saturated heterocycles. The van der Waals surface area contributed by atoms with Gasteiger partial charge in [0.1, 0.15) is 5.82 Å². The monoisotopic (exact) mass is 754 g/mol. The van der Waals surface area contributed by atoms with Crippen molar-refractivity contribution in [2.75, 3.05) is 6.26 Å². The van der Waals surface area contributed by atoms with Crippen LogP contribution in [-0.2, 0) is 46.1 Å². The predicted octanol–water partition coefficient (Wildman–Crippen LogP) is 10.7. The maximum absolute atomic E-state index is 6.49. The molecule has 7 heteroatoms. The number of thioether (sulfide) groups is 1. The Labute approximate surface area is 307 Å². The van der Waals surface area contributed by atoms with Crippen molar-refractivity contribution in [1.29, 1.82) is 0 Å². The van der Waals surface area contributed by atoms with Gasteiger partial charge in [0.2, 0.25) is 0 Å². The Kier molecular flexibility index (Phi) is 10.5. The summed E-state index contributed by atoms with van der Waals surface area (Å²) >= 11 is 1.81. The van der Waals surface area contributed by atoms with Crippen molar-refractivity contribution >= 4 is 33.6 Å². The van der Waals surface area contributed by atoms with Crippen LogP contribution in [0.1, 0.15) is 55.8 Å². The van der Waals surface area contributed by atoms with Crippen molar-refractivity contribution in [2.24, 2.45) is 0 Å². The number of fused-ring (bicyclic) bond motifs is 3. The third kappa shape index (κ3) is 6.37. The number of aryl methyl sites for hydroxylation is 4. The van der Waals surface area contributed by atoms with E-state index in [2.05, 4.69) is 117 Å². The molecule has 3 heterocycles. The second-order valence-electron chi connectivity index (χ2n) is 12.0. The first-order chi connectivity index (χ1) is 23.5. The SMILES string of the molecule is CCc1cc(SC)cc(CC)c1-c1c(CC)nn(-c2[c-]c(Oc3[c-]c4c(cc3)c3ccccc3n4-c3cc(C)ccn3)ccc2)c1CC.[Pd+2]. The number of hydrogen-bond donors (Lipinski definition) is 0. The van der Waals surface area contributed by atoms with Gasteiger partial charge in [-0.25, -0.2) is 4.98 Å². The van der Waals surface area contributed by atoms with E-state index in [1.54, 1.807) is 0 Å². The molecule has 0 unspecified atom stereocenters. The van der Waals surface area contributed by atoms with Crippen molar-refractivity contribution in [3.05, 3.63) is 125 Å². The van der Waals surface area contributed by atoms with E-state index >= 15 is 0 Å². The summed E-state index contributed by atoms with van der Waals surface area (Å²) in [5.74, 6) is 2.09. The molecule has 3 aromatic heterocycles. The molecule has 0 N–H and O–H groups in total. The molecular formula is C42H40N4OPdS. The van der Waals surface area contributed by atoms with E-state index in [4.69, 9.17) is 14.8 Å². The Hall–Kier alpha value is -4.15. The minimum absolute atomic E-state index is 0. The maximum Gasteiger partial charge on any atom is 2.00 e. The first kappa shape index (κ1) is 34.7. The van der Waals surface area contributed by atoms with E-state index in [-0.39, 0.29) is 20.4 Å². The average Bonchev–Trinajstić information content (AvgIpc) is 3.66. The normalized spacial score (nSPS) is 11.3. The number of hydrogen-bond acceptors (Lipinski definition) is 4. The van der Waals surface area contributed by atoms with E-state index in [1.165, 1.54) is 32.8 Å². The van der Waals surface area contributed by atoms with Gasteiger partial charge in [0, 0.05) is 39.4 Å². The summed E-state index contributed by atoms with van der Waals surface area (Å²) in [6.45, 7) is 11.0. The zero-order chi connectivity index (χ0) is 33.4. The maximum atomic E-state index is 6.49. The van der Waals surface area contributed by atoms with Gasteiger partial charge in [-0.05, 0) is 103 Å². The van der Waals surface area contributed by atoms with Crippen LogP contribution in [0.3, 0.4) is 0 Å². The molecule has 0 aliphatic heterocycles. The van der Waals surface area contributed by atoms with Crippen molar-refractivity contribution < 1.29 is 25.2 Å². The van der Waals surface area contributed by atoms with E-state index in [1.807, 2.05) is 42.2 Å². The van der Waals surface area contributed by atoms with E-state index in [0.717, 1.165) is 70.3 Å². The molecule has 49 heavy (non-hydrogen) atoms. The van der Waals surface area contributed by atoms with E-state index in [9.17, 15) is 0 Å². The Balaban J connectivity index is 0.00000417. The zero-order valence-corrected chi connectivity index (χ0v) is 31.2. The first-order valence-corrected chi connectivity index (χ1v) is 18.1. The van der Waals surface area contributed by atoms with Crippen LogP contribution in [0.2, 0.25) is 0 Å². The van der Waals surface area contributed by atoms with Gasteiger partial charge >= 0.3 is 20.4 Å². The summed E-state index contributed by atoms with van der Waals surface area (Å²) in [6.07, 6.45) is 7.66. The number of pyridine rings is 1. The molecule has 7 rings (SSSR count). The first-order valence-electron chi connectivity index (χ1n) is 16.9. The fourth-order valence-electron chi connectivity index (χ4n) is 6.85. The molecule has 0 aliphatic rings. The van der Waals surface area contributed by atoms with Gasteiger partial charge in [0.15, 0.2) is 0 Å². The molecule has 0 saturated carbocycles. The Morgan fingerprint density at radius 3 is 2.20 bits per heavy atom. The summed E-state index contributed by atoms with van der Waals surface area (Å²) in [5.41, 5.74) is 11.7. The fraction of sp³-hybridized carbons (Fsp3) is 0.238. The van der Waals surface area contributed by atoms with Gasteiger partial charge in [0.05, 0.1) is 5.69 Å². The summed E-state index contributed by atoms with van der Waals surface area (Å²) in [6, 6.07) is 34.5. The molecular weight excluding hydrogens is 715 g/mol. The predicted molar refractivity (Wildman–Crippen MR) is 199 cm³/mol. The quantitative estimate of drug-likeness (QED) is 0.0792. The molecule has 4 aromatic carbocycles. The van der Waals surface area contributed by atoms with Crippen LogP contribution < -0.4 is 4.74 Å². The Morgan fingerprint density at radius 2 is 1.51 bits per heavy atom. The minimum Gasteiger partial charge on any atom is -0.509 e. The third-order valence-electron chi connectivity index (χ3n) is 9.13. The molecule has 0 aliphatic carbocycles. The molecule has 7 aromatic rings. The van der Waals surface area contributed by atoms with Crippen molar-refractivity contribution in [3.63, 3.8) is 0 Å². The molecule has 0 bridgehead atoms. The standard InChI is InChI=1S/C42H40N4OS.Pd/c1-7-28-23-33(48-6)24-29(8-2)41(28)42-36(9-3)44-46(37(42)10-4)30-14-13-15-31(25-30)47-32-18-19-35-34-16-11-12-17-38(34)45(39(35)26-32)40-22-27(5)20-21-43-40;/h11-24H,7-10H2,1-6H3;/q-2;+2. The van der Waals surface area contributed by atoms with Crippen molar-refractivity contribution in [2.45, 2.75) is 65.2 Å². The number of nitrogens with zero attached hydrogens (tertiary/aromatic N) is 4. The summed E-state index contributed by atoms with van der Waals surface area (Å²) < 4.78 is 10.7. The van der Waals surface area contributed by atoms with E-state index < -0.39 is 0 Å². The van der Waals surface area contributed by atoms with Crippen LogP contribution in [0.15, 0.2) is 90.0 Å². The second-order valence-corrected chi connectivity index (χ2v) is 12.9. The van der Waals surface area contributed by atoms with Gasteiger partial charge in [-0.15, -0.1) is 47.5 Å². The summed E-state index contributed by atoms with van der Waals surface area (Å²) in [4.78, 5) is 6.03. The molecule has 5 nitrogen and oxygen atoms in total. The van der Waals surface area contributed by atoms with Gasteiger partial charge in [-0.1, -0.05) is 51.4 Å². The van der Waals surface area contributed by atoms with Gasteiger partial charge < -0.3 is 9.30 Å². The Bertz CT molecular complexity index is 2260. The average molecular weight is 755 g/mol. The molecule has 0 amide bonds. The number of rotatable bonds is 10. The van der Waals surface area contributed by atoms with Crippen LogP contribution in [0.4, 0.5) is 0 Å². The third-order valence-corrected chi connectivity index (χ3v) is 9.84. The van der Waals surface area contributed by atoms with Crippen LogP contribution in [0.25, 0.3) is 44.4 Å². The Morgan fingerprint density at radius 1 is 0.755 bits per heavy atom. The smallest absolute Gasteiger partial charge is 0.509 e. The topological polar surface area (TPSA) is 44.9 Å². The number of ether oxygens (including phenoxy) is 1. The number of para-hydroxylation sites is 1. The fourth-order valence-corrected chi connectivity index (χ4v) is 7.37. The second kappa shape index (κ2) is 14.8. The van der Waals surface area contributed by atoms with E-state index in [0.29, 0.717) is 11.5 Å². The summed E-state index contributed by atoms with van der Waals surface area (Å²) in [5, 5.41) is 7.47. The van der Waals surface area contributed by atoms with Crippen LogP contribution in [0, 0.1) is 19.1 Å². The molecule has 0 atom stereocenters. The number of aromatic nitrogens is 4. The van der Waals surface area contributed by atoms with Crippen LogP contribution >= 0.6 is 11.8 Å². The van der Waals surface area contributed by atoms with Gasteiger partial charge in [-0.3, -0.25) is 4.68 Å². The summed E-state index contributed by atoms with van der Waals surface area (Å²) in [7, 11) is 0. The van der Waals surface area contributed by atoms with Crippen LogP contribution in [0.5, 0.6) is 11.5 Å². The molecule has 0 fully saturated rings. The van der Waals surface area contributed by atoms with Gasteiger partial charge in [-0.2, -0.15) is 17.2 Å². The molecule has 0 spiro atoms. The van der Waals surface area contributed by atoms with Crippen molar-refractivity contribution in [3.8, 4) is 34.1 Å². The number of benzene rings is 4.